The van der Waals surface area contributed by atoms with Crippen LogP contribution >= 0.6 is 0 Å². The molecule has 3 aromatic rings. The van der Waals surface area contributed by atoms with Crippen LogP contribution in [0, 0.1) is 5.92 Å². The van der Waals surface area contributed by atoms with E-state index in [4.69, 9.17) is 4.52 Å². The van der Waals surface area contributed by atoms with Crippen molar-refractivity contribution in [2.24, 2.45) is 5.92 Å². The lowest BCUT2D eigenvalue weighted by atomic mass is 9.95. The van der Waals surface area contributed by atoms with Gasteiger partial charge >= 0.3 is 0 Å². The molecule has 0 aliphatic carbocycles. The van der Waals surface area contributed by atoms with E-state index in [0.29, 0.717) is 43.8 Å². The molecular weight excluding hydrogens is 380 g/mol. The number of benzene rings is 1. The summed E-state index contributed by atoms with van der Waals surface area (Å²) in [6.45, 7) is 5.70. The van der Waals surface area contributed by atoms with Crippen LogP contribution in [-0.2, 0) is 11.3 Å². The van der Waals surface area contributed by atoms with Crippen LogP contribution in [0.2, 0.25) is 0 Å². The first kappa shape index (κ1) is 20.1. The number of aromatic nitrogens is 2. The number of hydrogen-bond donors (Lipinski definition) is 1. The van der Waals surface area contributed by atoms with Gasteiger partial charge in [-0.3, -0.25) is 9.59 Å². The van der Waals surface area contributed by atoms with E-state index >= 15 is 0 Å². The SMILES string of the molecule is CC(C)c1noc2ncc(C(=O)N3CCC(C(=O)NCc4ccccc4)CC3)cc12. The highest BCUT2D eigenvalue weighted by Gasteiger charge is 2.28. The minimum Gasteiger partial charge on any atom is -0.352 e. The number of fused-ring (bicyclic) bond motifs is 1. The summed E-state index contributed by atoms with van der Waals surface area (Å²) in [4.78, 5) is 31.5. The van der Waals surface area contributed by atoms with Crippen molar-refractivity contribution in [1.82, 2.24) is 20.4 Å². The van der Waals surface area contributed by atoms with Gasteiger partial charge in [0, 0.05) is 31.7 Å². The number of nitrogens with zero attached hydrogens (tertiary/aromatic N) is 3. The van der Waals surface area contributed by atoms with Crippen LogP contribution in [0.5, 0.6) is 0 Å². The Bertz CT molecular complexity index is 1040. The van der Waals surface area contributed by atoms with Gasteiger partial charge in [-0.05, 0) is 30.4 Å². The summed E-state index contributed by atoms with van der Waals surface area (Å²) < 4.78 is 5.26. The highest BCUT2D eigenvalue weighted by molar-refractivity contribution is 5.97. The molecule has 4 rings (SSSR count). The smallest absolute Gasteiger partial charge is 0.257 e. The molecule has 156 valence electrons. The van der Waals surface area contributed by atoms with Crippen molar-refractivity contribution in [3.8, 4) is 0 Å². The number of carbonyl (C=O) groups is 2. The van der Waals surface area contributed by atoms with Crippen LogP contribution in [0.25, 0.3) is 11.1 Å². The van der Waals surface area contributed by atoms with E-state index in [1.165, 1.54) is 0 Å². The Labute approximate surface area is 175 Å². The third-order valence-corrected chi connectivity index (χ3v) is 5.61. The van der Waals surface area contributed by atoms with E-state index in [9.17, 15) is 9.59 Å². The predicted octanol–water partition coefficient (Wildman–Crippen LogP) is 3.51. The highest BCUT2D eigenvalue weighted by Crippen LogP contribution is 2.25. The van der Waals surface area contributed by atoms with E-state index in [1.807, 2.05) is 50.2 Å². The standard InChI is InChI=1S/C23H26N4O3/c1-15(2)20-19-12-18(14-25-22(19)30-26-20)23(29)27-10-8-17(9-11-27)21(28)24-13-16-6-4-3-5-7-16/h3-7,12,14-15,17H,8-11,13H2,1-2H3,(H,24,28). The molecule has 3 heterocycles. The molecule has 7 heteroatoms. The van der Waals surface area contributed by atoms with Gasteiger partial charge < -0.3 is 14.7 Å². The number of likely N-dealkylation sites (tertiary alicyclic amines) is 1. The normalized spacial score (nSPS) is 15.0. The monoisotopic (exact) mass is 406 g/mol. The number of amides is 2. The Balaban J connectivity index is 1.35. The van der Waals surface area contributed by atoms with Gasteiger partial charge in [0.25, 0.3) is 11.6 Å². The van der Waals surface area contributed by atoms with E-state index in [1.54, 1.807) is 11.1 Å². The minimum absolute atomic E-state index is 0.0556. The average Bonchev–Trinajstić information content (AvgIpc) is 3.21. The molecule has 2 aromatic heterocycles. The molecule has 1 fully saturated rings. The molecule has 2 amide bonds. The van der Waals surface area contributed by atoms with Gasteiger partial charge in [0.15, 0.2) is 0 Å². The zero-order chi connectivity index (χ0) is 21.1. The fourth-order valence-electron chi connectivity index (χ4n) is 3.84. The molecule has 7 nitrogen and oxygen atoms in total. The van der Waals surface area contributed by atoms with Crippen LogP contribution < -0.4 is 5.32 Å². The second kappa shape index (κ2) is 8.65. The molecule has 30 heavy (non-hydrogen) atoms. The Kier molecular flexibility index (Phi) is 5.79. The molecule has 1 saturated heterocycles. The van der Waals surface area contributed by atoms with E-state index < -0.39 is 0 Å². The Morgan fingerprint density at radius 1 is 1.20 bits per heavy atom. The largest absolute Gasteiger partial charge is 0.352 e. The van der Waals surface area contributed by atoms with Crippen molar-refractivity contribution >= 4 is 22.9 Å². The lowest BCUT2D eigenvalue weighted by Gasteiger charge is -2.31. The zero-order valence-corrected chi connectivity index (χ0v) is 17.3. The number of pyridine rings is 1. The molecule has 1 aliphatic rings. The second-order valence-corrected chi connectivity index (χ2v) is 8.07. The van der Waals surface area contributed by atoms with Gasteiger partial charge in [0.2, 0.25) is 5.91 Å². The van der Waals surface area contributed by atoms with Gasteiger partial charge in [-0.2, -0.15) is 0 Å². The topological polar surface area (TPSA) is 88.3 Å². The van der Waals surface area contributed by atoms with Crippen molar-refractivity contribution in [2.45, 2.75) is 39.2 Å². The first-order valence-electron chi connectivity index (χ1n) is 10.4. The summed E-state index contributed by atoms with van der Waals surface area (Å²) in [6.07, 6.45) is 2.86. The summed E-state index contributed by atoms with van der Waals surface area (Å²) in [5.41, 5.74) is 2.86. The van der Waals surface area contributed by atoms with E-state index in [2.05, 4.69) is 15.5 Å². The fourth-order valence-corrected chi connectivity index (χ4v) is 3.84. The first-order chi connectivity index (χ1) is 14.5. The van der Waals surface area contributed by atoms with Gasteiger partial charge in [-0.15, -0.1) is 0 Å². The number of nitrogens with one attached hydrogen (secondary N) is 1. The van der Waals surface area contributed by atoms with Gasteiger partial charge in [0.05, 0.1) is 16.6 Å². The molecule has 1 N–H and O–H groups in total. The maximum Gasteiger partial charge on any atom is 0.257 e. The summed E-state index contributed by atoms with van der Waals surface area (Å²) in [7, 11) is 0. The second-order valence-electron chi connectivity index (χ2n) is 8.07. The van der Waals surface area contributed by atoms with Gasteiger partial charge in [0.1, 0.15) is 0 Å². The van der Waals surface area contributed by atoms with Crippen molar-refractivity contribution in [3.05, 3.63) is 59.4 Å². The third-order valence-electron chi connectivity index (χ3n) is 5.61. The molecule has 1 aromatic carbocycles. The summed E-state index contributed by atoms with van der Waals surface area (Å²) in [5, 5.41) is 7.86. The Morgan fingerprint density at radius 2 is 1.93 bits per heavy atom. The van der Waals surface area contributed by atoms with Crippen LogP contribution in [0.1, 0.15) is 54.2 Å². The number of rotatable bonds is 5. The number of carbonyl (C=O) groups excluding carboxylic acids is 2. The average molecular weight is 406 g/mol. The van der Waals surface area contributed by atoms with Crippen LogP contribution in [0.15, 0.2) is 47.1 Å². The molecule has 0 unspecified atom stereocenters. The molecular formula is C23H26N4O3. The number of piperidine rings is 1. The quantitative estimate of drug-likeness (QED) is 0.700. The first-order valence-corrected chi connectivity index (χ1v) is 10.4. The van der Waals surface area contributed by atoms with Crippen LogP contribution in [-0.4, -0.2) is 39.9 Å². The van der Waals surface area contributed by atoms with E-state index in [-0.39, 0.29) is 23.7 Å². The predicted molar refractivity (Wildman–Crippen MR) is 113 cm³/mol. The fraction of sp³-hybridized carbons (Fsp3) is 0.391. The Morgan fingerprint density at radius 3 is 2.63 bits per heavy atom. The maximum absolute atomic E-state index is 13.0. The molecule has 0 radical (unpaired) electrons. The molecule has 0 saturated carbocycles. The lowest BCUT2D eigenvalue weighted by Crippen LogP contribution is -2.43. The van der Waals surface area contributed by atoms with Gasteiger partial charge in [-0.1, -0.05) is 49.3 Å². The molecule has 0 spiro atoms. The van der Waals surface area contributed by atoms with Crippen molar-refractivity contribution in [3.63, 3.8) is 0 Å². The number of hydrogen-bond acceptors (Lipinski definition) is 5. The van der Waals surface area contributed by atoms with Crippen LogP contribution in [0.3, 0.4) is 0 Å². The third kappa shape index (κ3) is 4.20. The summed E-state index contributed by atoms with van der Waals surface area (Å²) in [6, 6.07) is 11.7. The van der Waals surface area contributed by atoms with Crippen molar-refractivity contribution in [1.29, 1.82) is 0 Å². The highest BCUT2D eigenvalue weighted by atomic mass is 16.5. The molecule has 0 bridgehead atoms. The van der Waals surface area contributed by atoms with Crippen molar-refractivity contribution < 1.29 is 14.1 Å². The molecule has 1 aliphatic heterocycles. The molecule has 0 atom stereocenters. The Hall–Kier alpha value is -3.22. The van der Waals surface area contributed by atoms with Crippen molar-refractivity contribution in [2.75, 3.05) is 13.1 Å². The summed E-state index contributed by atoms with van der Waals surface area (Å²) >= 11 is 0. The van der Waals surface area contributed by atoms with Gasteiger partial charge in [-0.25, -0.2) is 4.98 Å². The lowest BCUT2D eigenvalue weighted by molar-refractivity contribution is -0.126. The minimum atomic E-state index is -0.0663. The zero-order valence-electron chi connectivity index (χ0n) is 17.3. The maximum atomic E-state index is 13.0. The van der Waals surface area contributed by atoms with E-state index in [0.717, 1.165) is 16.6 Å². The summed E-state index contributed by atoms with van der Waals surface area (Å²) in [5.74, 6) is 0.107. The van der Waals surface area contributed by atoms with Crippen LogP contribution in [0.4, 0.5) is 0 Å².